The van der Waals surface area contributed by atoms with Crippen molar-refractivity contribution in [2.24, 2.45) is 0 Å². The second kappa shape index (κ2) is 9.05. The molecule has 1 aromatic heterocycles. The van der Waals surface area contributed by atoms with Gasteiger partial charge in [0.2, 0.25) is 5.91 Å². The highest BCUT2D eigenvalue weighted by Gasteiger charge is 2.19. The van der Waals surface area contributed by atoms with Crippen LogP contribution in [0.5, 0.6) is 11.5 Å². The van der Waals surface area contributed by atoms with Crippen molar-refractivity contribution in [3.05, 3.63) is 29.3 Å². The second-order valence-corrected chi connectivity index (χ2v) is 7.34. The fourth-order valence-corrected chi connectivity index (χ4v) is 3.97. The van der Waals surface area contributed by atoms with Crippen molar-refractivity contribution >= 4 is 28.1 Å². The van der Waals surface area contributed by atoms with Gasteiger partial charge in [-0.05, 0) is 25.5 Å². The van der Waals surface area contributed by atoms with Gasteiger partial charge >= 0.3 is 0 Å². The van der Waals surface area contributed by atoms with E-state index in [1.54, 1.807) is 43.8 Å². The summed E-state index contributed by atoms with van der Waals surface area (Å²) in [6.07, 6.45) is 1.01. The molecule has 0 aliphatic carbocycles. The molecule has 7 nitrogen and oxygen atoms in total. The number of amides is 1. The maximum Gasteiger partial charge on any atom is 0.238 e. The molecule has 0 spiro atoms. The molecule has 8 heteroatoms. The highest BCUT2D eigenvalue weighted by molar-refractivity contribution is 7.13. The molecule has 0 radical (unpaired) electrons. The van der Waals surface area contributed by atoms with Crippen molar-refractivity contribution < 1.29 is 14.3 Å². The Bertz CT molecular complexity index is 780. The Kier molecular flexibility index (Phi) is 6.52. The van der Waals surface area contributed by atoms with Crippen LogP contribution in [0.3, 0.4) is 0 Å². The number of thiazole rings is 1. The molecule has 2 aromatic rings. The number of nitrogens with zero attached hydrogens (tertiary/aromatic N) is 3. The minimum Gasteiger partial charge on any atom is -0.497 e. The lowest BCUT2D eigenvalue weighted by atomic mass is 10.2. The van der Waals surface area contributed by atoms with Crippen molar-refractivity contribution in [1.82, 2.24) is 9.88 Å². The van der Waals surface area contributed by atoms with E-state index >= 15 is 0 Å². The third kappa shape index (κ3) is 5.11. The Morgan fingerprint density at radius 3 is 2.78 bits per heavy atom. The van der Waals surface area contributed by atoms with E-state index in [0.717, 1.165) is 43.4 Å². The normalized spacial score (nSPS) is 15.3. The molecule has 0 atom stereocenters. The summed E-state index contributed by atoms with van der Waals surface area (Å²) in [6, 6.07) is 5.36. The lowest BCUT2D eigenvalue weighted by Gasteiger charge is -2.21. The van der Waals surface area contributed by atoms with Gasteiger partial charge < -0.3 is 19.7 Å². The van der Waals surface area contributed by atoms with Gasteiger partial charge in [0.05, 0.1) is 32.1 Å². The Balaban J connectivity index is 1.57. The topological polar surface area (TPSA) is 66.9 Å². The third-order valence-electron chi connectivity index (χ3n) is 4.51. The van der Waals surface area contributed by atoms with Crippen LogP contribution in [0.4, 0.5) is 10.8 Å². The maximum absolute atomic E-state index is 12.5. The number of hydrogen-bond acceptors (Lipinski definition) is 7. The predicted octanol–water partition coefficient (Wildman–Crippen LogP) is 2.62. The standard InChI is InChI=1S/C19H26N4O3S/c1-14-13-27-19(20-14)23-8-4-7-22(9-10-23)12-18(24)21-16-11-15(25-2)5-6-17(16)26-3/h5-6,11,13H,4,7-10,12H2,1-3H3,(H,21,24). The van der Waals surface area contributed by atoms with Crippen LogP contribution < -0.4 is 19.7 Å². The number of aromatic nitrogens is 1. The van der Waals surface area contributed by atoms with Crippen LogP contribution in [0.15, 0.2) is 23.6 Å². The van der Waals surface area contributed by atoms with E-state index in [2.05, 4.69) is 25.5 Å². The molecule has 0 bridgehead atoms. The Morgan fingerprint density at radius 1 is 1.22 bits per heavy atom. The molecular formula is C19H26N4O3S. The smallest absolute Gasteiger partial charge is 0.238 e. The number of rotatable bonds is 6. The summed E-state index contributed by atoms with van der Waals surface area (Å²) in [5.74, 6) is 1.24. The summed E-state index contributed by atoms with van der Waals surface area (Å²) in [7, 11) is 3.18. The number of anilines is 2. The van der Waals surface area contributed by atoms with Gasteiger partial charge in [-0.1, -0.05) is 0 Å². The minimum absolute atomic E-state index is 0.0555. The largest absolute Gasteiger partial charge is 0.497 e. The first-order valence-corrected chi connectivity index (χ1v) is 9.88. The Morgan fingerprint density at radius 2 is 2.07 bits per heavy atom. The lowest BCUT2D eigenvalue weighted by molar-refractivity contribution is -0.117. The summed E-state index contributed by atoms with van der Waals surface area (Å²) in [6.45, 7) is 5.94. The van der Waals surface area contributed by atoms with E-state index in [4.69, 9.17) is 9.47 Å². The number of ether oxygens (including phenoxy) is 2. The van der Waals surface area contributed by atoms with Crippen molar-refractivity contribution in [2.75, 3.05) is 57.2 Å². The van der Waals surface area contributed by atoms with Crippen LogP contribution in [0.1, 0.15) is 12.1 Å². The molecule has 1 amide bonds. The Labute approximate surface area is 163 Å². The molecule has 0 saturated carbocycles. The van der Waals surface area contributed by atoms with Gasteiger partial charge in [0.25, 0.3) is 0 Å². The van der Waals surface area contributed by atoms with Crippen molar-refractivity contribution in [1.29, 1.82) is 0 Å². The van der Waals surface area contributed by atoms with Crippen LogP contribution in [-0.4, -0.2) is 62.7 Å². The van der Waals surface area contributed by atoms with Crippen LogP contribution in [-0.2, 0) is 4.79 Å². The fraction of sp³-hybridized carbons (Fsp3) is 0.474. The summed E-state index contributed by atoms with van der Waals surface area (Å²) in [4.78, 5) is 21.6. The molecule has 27 heavy (non-hydrogen) atoms. The van der Waals surface area contributed by atoms with Gasteiger partial charge in [-0.15, -0.1) is 11.3 Å². The number of carbonyl (C=O) groups is 1. The van der Waals surface area contributed by atoms with E-state index in [0.29, 0.717) is 23.7 Å². The highest BCUT2D eigenvalue weighted by Crippen LogP contribution is 2.29. The fourth-order valence-electron chi connectivity index (χ4n) is 3.11. The molecule has 1 aromatic carbocycles. The van der Waals surface area contributed by atoms with Gasteiger partial charge in [-0.2, -0.15) is 0 Å². The van der Waals surface area contributed by atoms with Gasteiger partial charge in [-0.3, -0.25) is 9.69 Å². The summed E-state index contributed by atoms with van der Waals surface area (Å²) < 4.78 is 10.6. The summed E-state index contributed by atoms with van der Waals surface area (Å²) in [5.41, 5.74) is 1.68. The van der Waals surface area contributed by atoms with Crippen molar-refractivity contribution in [3.63, 3.8) is 0 Å². The summed E-state index contributed by atoms with van der Waals surface area (Å²) in [5, 5.41) is 6.09. The minimum atomic E-state index is -0.0555. The molecule has 1 fully saturated rings. The van der Waals surface area contributed by atoms with E-state index in [1.165, 1.54) is 0 Å². The number of methoxy groups -OCH3 is 2. The monoisotopic (exact) mass is 390 g/mol. The first-order valence-electron chi connectivity index (χ1n) is 9.00. The number of aryl methyl sites for hydroxylation is 1. The molecule has 1 saturated heterocycles. The van der Waals surface area contributed by atoms with E-state index < -0.39 is 0 Å². The van der Waals surface area contributed by atoms with Gasteiger partial charge in [0, 0.05) is 37.6 Å². The average Bonchev–Trinajstić information content (AvgIpc) is 2.96. The first-order chi connectivity index (χ1) is 13.1. The van der Waals surface area contributed by atoms with Crippen LogP contribution in [0.25, 0.3) is 0 Å². The quantitative estimate of drug-likeness (QED) is 0.818. The lowest BCUT2D eigenvalue weighted by Crippen LogP contribution is -2.36. The third-order valence-corrected chi connectivity index (χ3v) is 5.53. The van der Waals surface area contributed by atoms with E-state index in [-0.39, 0.29) is 5.91 Å². The van der Waals surface area contributed by atoms with Crippen LogP contribution in [0, 0.1) is 6.92 Å². The number of hydrogen-bond donors (Lipinski definition) is 1. The average molecular weight is 391 g/mol. The molecule has 1 aliphatic heterocycles. The highest BCUT2D eigenvalue weighted by atomic mass is 32.1. The number of nitrogens with one attached hydrogen (secondary N) is 1. The van der Waals surface area contributed by atoms with Crippen LogP contribution in [0.2, 0.25) is 0 Å². The van der Waals surface area contributed by atoms with E-state index in [9.17, 15) is 4.79 Å². The van der Waals surface area contributed by atoms with Crippen molar-refractivity contribution in [3.8, 4) is 11.5 Å². The molecule has 1 N–H and O–H groups in total. The number of benzene rings is 1. The zero-order valence-corrected chi connectivity index (χ0v) is 16.8. The molecule has 3 rings (SSSR count). The molecular weight excluding hydrogens is 364 g/mol. The molecule has 0 unspecified atom stereocenters. The first kappa shape index (κ1) is 19.4. The molecule has 146 valence electrons. The zero-order valence-electron chi connectivity index (χ0n) is 16.0. The SMILES string of the molecule is COc1ccc(OC)c(NC(=O)CN2CCCN(c3nc(C)cs3)CC2)c1. The van der Waals surface area contributed by atoms with Crippen LogP contribution >= 0.6 is 11.3 Å². The Hall–Kier alpha value is -2.32. The zero-order chi connectivity index (χ0) is 19.2. The number of carbonyl (C=O) groups excluding carboxylic acids is 1. The second-order valence-electron chi connectivity index (χ2n) is 6.50. The molecule has 2 heterocycles. The van der Waals surface area contributed by atoms with Gasteiger partial charge in [0.1, 0.15) is 11.5 Å². The summed E-state index contributed by atoms with van der Waals surface area (Å²) >= 11 is 1.68. The predicted molar refractivity (Wildman–Crippen MR) is 108 cm³/mol. The van der Waals surface area contributed by atoms with E-state index in [1.807, 2.05) is 6.92 Å². The van der Waals surface area contributed by atoms with Crippen molar-refractivity contribution in [2.45, 2.75) is 13.3 Å². The molecule has 1 aliphatic rings. The maximum atomic E-state index is 12.5. The van der Waals surface area contributed by atoms with Gasteiger partial charge in [0.15, 0.2) is 5.13 Å². The van der Waals surface area contributed by atoms with Gasteiger partial charge in [-0.25, -0.2) is 4.98 Å².